The van der Waals surface area contributed by atoms with Crippen LogP contribution in [-0.2, 0) is 0 Å². The van der Waals surface area contributed by atoms with Crippen molar-refractivity contribution < 1.29 is 0 Å². The van der Waals surface area contributed by atoms with Gasteiger partial charge in [0.2, 0.25) is 0 Å². The Morgan fingerprint density at radius 2 is 1.75 bits per heavy atom. The Bertz CT molecular complexity index is 544. The van der Waals surface area contributed by atoms with Gasteiger partial charge in [-0.15, -0.1) is 0 Å². The molecule has 0 unspecified atom stereocenters. The van der Waals surface area contributed by atoms with Gasteiger partial charge >= 0.3 is 0 Å². The zero-order valence-electron chi connectivity index (χ0n) is 10.2. The average Bonchev–Trinajstić information content (AvgIpc) is 2.22. The molecule has 0 saturated heterocycles. The summed E-state index contributed by atoms with van der Waals surface area (Å²) < 4.78 is 0. The molecule has 0 fully saturated rings. The molecule has 0 saturated carbocycles. The SMILES string of the molecule is Cc1ccc(C)c2c(N)cc(N(C)C)nc12. The first-order valence-electron chi connectivity index (χ1n) is 5.34. The maximum absolute atomic E-state index is 6.10. The zero-order chi connectivity index (χ0) is 11.9. The molecule has 16 heavy (non-hydrogen) atoms. The molecule has 0 bridgehead atoms. The molecule has 1 aromatic carbocycles. The summed E-state index contributed by atoms with van der Waals surface area (Å²) in [4.78, 5) is 6.61. The molecule has 0 spiro atoms. The van der Waals surface area contributed by atoms with E-state index in [1.807, 2.05) is 25.1 Å². The minimum Gasteiger partial charge on any atom is -0.398 e. The van der Waals surface area contributed by atoms with Crippen molar-refractivity contribution in [2.75, 3.05) is 24.7 Å². The highest BCUT2D eigenvalue weighted by Gasteiger charge is 2.08. The Balaban J connectivity index is 2.86. The number of hydrogen-bond acceptors (Lipinski definition) is 3. The number of fused-ring (bicyclic) bond motifs is 1. The quantitative estimate of drug-likeness (QED) is 0.794. The van der Waals surface area contributed by atoms with Crippen LogP contribution >= 0.6 is 0 Å². The highest BCUT2D eigenvalue weighted by atomic mass is 15.1. The first-order valence-corrected chi connectivity index (χ1v) is 5.34. The second-order valence-corrected chi connectivity index (χ2v) is 4.39. The maximum atomic E-state index is 6.10. The van der Waals surface area contributed by atoms with Gasteiger partial charge in [0.05, 0.1) is 5.52 Å². The summed E-state index contributed by atoms with van der Waals surface area (Å²) in [6.07, 6.45) is 0. The highest BCUT2D eigenvalue weighted by Crippen LogP contribution is 2.28. The average molecular weight is 215 g/mol. The summed E-state index contributed by atoms with van der Waals surface area (Å²) in [7, 11) is 3.94. The van der Waals surface area contributed by atoms with Crippen LogP contribution in [0.15, 0.2) is 18.2 Å². The van der Waals surface area contributed by atoms with E-state index in [-0.39, 0.29) is 0 Å². The summed E-state index contributed by atoms with van der Waals surface area (Å²) in [6.45, 7) is 4.13. The van der Waals surface area contributed by atoms with Gasteiger partial charge in [0.25, 0.3) is 0 Å². The molecule has 84 valence electrons. The van der Waals surface area contributed by atoms with Gasteiger partial charge in [-0.25, -0.2) is 4.98 Å². The number of benzene rings is 1. The van der Waals surface area contributed by atoms with E-state index >= 15 is 0 Å². The molecule has 3 heteroatoms. The Kier molecular flexibility index (Phi) is 2.46. The van der Waals surface area contributed by atoms with Crippen LogP contribution in [0.2, 0.25) is 0 Å². The van der Waals surface area contributed by atoms with Gasteiger partial charge in [-0.3, -0.25) is 0 Å². The zero-order valence-corrected chi connectivity index (χ0v) is 10.2. The van der Waals surface area contributed by atoms with Crippen LogP contribution in [0.4, 0.5) is 11.5 Å². The van der Waals surface area contributed by atoms with Crippen LogP contribution < -0.4 is 10.6 Å². The summed E-state index contributed by atoms with van der Waals surface area (Å²) >= 11 is 0. The monoisotopic (exact) mass is 215 g/mol. The fourth-order valence-electron chi connectivity index (χ4n) is 1.89. The normalized spacial score (nSPS) is 10.8. The van der Waals surface area contributed by atoms with Gasteiger partial charge in [0, 0.05) is 31.2 Å². The lowest BCUT2D eigenvalue weighted by Crippen LogP contribution is -2.11. The van der Waals surface area contributed by atoms with Crippen LogP contribution in [0.1, 0.15) is 11.1 Å². The van der Waals surface area contributed by atoms with Crippen molar-refractivity contribution in [2.45, 2.75) is 13.8 Å². The molecule has 1 aromatic heterocycles. The Morgan fingerprint density at radius 1 is 1.12 bits per heavy atom. The standard InChI is InChI=1S/C13H17N3/c1-8-5-6-9(2)13-12(8)10(14)7-11(15-13)16(3)4/h5-7H,1-4H3,(H2,14,15). The molecule has 0 atom stereocenters. The molecule has 0 aliphatic rings. The van der Waals surface area contributed by atoms with Crippen LogP contribution in [0.25, 0.3) is 10.9 Å². The van der Waals surface area contributed by atoms with Gasteiger partial charge in [0.1, 0.15) is 5.82 Å². The predicted octanol–water partition coefficient (Wildman–Crippen LogP) is 2.50. The minimum absolute atomic E-state index is 0.801. The fraction of sp³-hybridized carbons (Fsp3) is 0.308. The Morgan fingerprint density at radius 3 is 2.38 bits per heavy atom. The number of nitrogen functional groups attached to an aromatic ring is 1. The first-order chi connectivity index (χ1) is 7.50. The van der Waals surface area contributed by atoms with E-state index < -0.39 is 0 Å². The lowest BCUT2D eigenvalue weighted by atomic mass is 10.0. The van der Waals surface area contributed by atoms with E-state index in [1.54, 1.807) is 0 Å². The number of aromatic nitrogens is 1. The number of hydrogen-bond donors (Lipinski definition) is 1. The van der Waals surface area contributed by atoms with E-state index in [0.29, 0.717) is 0 Å². The molecule has 2 aromatic rings. The lowest BCUT2D eigenvalue weighted by Gasteiger charge is -2.15. The third kappa shape index (κ3) is 1.58. The number of nitrogens with two attached hydrogens (primary N) is 1. The third-order valence-electron chi connectivity index (χ3n) is 2.85. The van der Waals surface area contributed by atoms with E-state index in [4.69, 9.17) is 5.73 Å². The topological polar surface area (TPSA) is 42.1 Å². The minimum atomic E-state index is 0.801. The number of aryl methyl sites for hydroxylation is 2. The summed E-state index contributed by atoms with van der Waals surface area (Å²) in [5.41, 5.74) is 10.2. The highest BCUT2D eigenvalue weighted by molar-refractivity contribution is 5.96. The van der Waals surface area contributed by atoms with Crippen molar-refractivity contribution in [2.24, 2.45) is 0 Å². The number of rotatable bonds is 1. The van der Waals surface area contributed by atoms with E-state index in [9.17, 15) is 0 Å². The molecular weight excluding hydrogens is 198 g/mol. The van der Waals surface area contributed by atoms with Crippen molar-refractivity contribution in [1.29, 1.82) is 0 Å². The molecule has 0 aliphatic heterocycles. The van der Waals surface area contributed by atoms with Crippen LogP contribution in [0.3, 0.4) is 0 Å². The van der Waals surface area contributed by atoms with Gasteiger partial charge < -0.3 is 10.6 Å². The largest absolute Gasteiger partial charge is 0.398 e. The Labute approximate surface area is 95.9 Å². The van der Waals surface area contributed by atoms with Crippen LogP contribution in [-0.4, -0.2) is 19.1 Å². The van der Waals surface area contributed by atoms with Gasteiger partial charge in [-0.1, -0.05) is 12.1 Å². The van der Waals surface area contributed by atoms with Crippen molar-refractivity contribution in [3.8, 4) is 0 Å². The van der Waals surface area contributed by atoms with Crippen molar-refractivity contribution in [3.63, 3.8) is 0 Å². The van der Waals surface area contributed by atoms with E-state index in [0.717, 1.165) is 28.0 Å². The van der Waals surface area contributed by atoms with Crippen LogP contribution in [0, 0.1) is 13.8 Å². The third-order valence-corrected chi connectivity index (χ3v) is 2.85. The van der Waals surface area contributed by atoms with Crippen LogP contribution in [0.5, 0.6) is 0 Å². The Hall–Kier alpha value is -1.77. The van der Waals surface area contributed by atoms with Crippen molar-refractivity contribution in [3.05, 3.63) is 29.3 Å². The van der Waals surface area contributed by atoms with Gasteiger partial charge in [-0.2, -0.15) is 0 Å². The molecule has 1 heterocycles. The van der Waals surface area contributed by atoms with E-state index in [2.05, 4.69) is 31.0 Å². The molecule has 2 rings (SSSR count). The molecule has 0 aliphatic carbocycles. The van der Waals surface area contributed by atoms with Gasteiger partial charge in [0.15, 0.2) is 0 Å². The summed E-state index contributed by atoms with van der Waals surface area (Å²) in [5, 5.41) is 1.07. The van der Waals surface area contributed by atoms with Crippen molar-refractivity contribution >= 4 is 22.4 Å². The second kappa shape index (κ2) is 3.67. The summed E-state index contributed by atoms with van der Waals surface area (Å²) in [6, 6.07) is 6.10. The first kappa shape index (κ1) is 10.7. The predicted molar refractivity (Wildman–Crippen MR) is 70.0 cm³/mol. The fourth-order valence-corrected chi connectivity index (χ4v) is 1.89. The summed E-state index contributed by atoms with van der Waals surface area (Å²) in [5.74, 6) is 0.902. The second-order valence-electron chi connectivity index (χ2n) is 4.39. The molecular formula is C13H17N3. The maximum Gasteiger partial charge on any atom is 0.130 e. The van der Waals surface area contributed by atoms with Crippen molar-refractivity contribution in [1.82, 2.24) is 4.98 Å². The molecule has 3 nitrogen and oxygen atoms in total. The molecule has 0 amide bonds. The number of pyridine rings is 1. The van der Waals surface area contributed by atoms with Gasteiger partial charge in [-0.05, 0) is 25.0 Å². The number of nitrogens with zero attached hydrogens (tertiary/aromatic N) is 2. The number of anilines is 2. The van der Waals surface area contributed by atoms with E-state index in [1.165, 1.54) is 5.56 Å². The smallest absolute Gasteiger partial charge is 0.130 e. The lowest BCUT2D eigenvalue weighted by molar-refractivity contribution is 1.08. The molecule has 0 radical (unpaired) electrons. The molecule has 2 N–H and O–H groups in total.